The number of rotatable bonds is 3. The summed E-state index contributed by atoms with van der Waals surface area (Å²) in [4.78, 5) is 12.0. The van der Waals surface area contributed by atoms with Crippen molar-refractivity contribution >= 4 is 11.6 Å². The van der Waals surface area contributed by atoms with Crippen molar-refractivity contribution in [3.63, 3.8) is 0 Å². The van der Waals surface area contributed by atoms with Crippen molar-refractivity contribution in [1.82, 2.24) is 5.32 Å². The van der Waals surface area contributed by atoms with Crippen molar-refractivity contribution in [2.24, 2.45) is 10.6 Å². The van der Waals surface area contributed by atoms with Crippen LogP contribution >= 0.6 is 0 Å². The zero-order chi connectivity index (χ0) is 14.9. The Bertz CT molecular complexity index is 582. The third kappa shape index (κ3) is 2.48. The Morgan fingerprint density at radius 2 is 2.25 bits per heavy atom. The van der Waals surface area contributed by atoms with E-state index >= 15 is 0 Å². The molecule has 0 spiro atoms. The van der Waals surface area contributed by atoms with Crippen molar-refractivity contribution in [3.05, 3.63) is 35.3 Å². The van der Waals surface area contributed by atoms with Crippen LogP contribution in [0, 0.1) is 12.3 Å². The molecule has 1 aromatic heterocycles. The maximum Gasteiger partial charge on any atom is 0.287 e. The van der Waals surface area contributed by atoms with Crippen molar-refractivity contribution < 1.29 is 14.4 Å². The fraction of sp³-hybridized carbons (Fsp3) is 0.467. The summed E-state index contributed by atoms with van der Waals surface area (Å²) in [5.74, 6) is 0.734. The van der Waals surface area contributed by atoms with Gasteiger partial charge < -0.3 is 14.9 Å². The average molecular weight is 276 g/mol. The van der Waals surface area contributed by atoms with E-state index in [9.17, 15) is 10.0 Å². The van der Waals surface area contributed by atoms with Crippen LogP contribution in [-0.2, 0) is 6.42 Å². The number of oxime groups is 1. The highest BCUT2D eigenvalue weighted by atomic mass is 16.4. The van der Waals surface area contributed by atoms with Gasteiger partial charge in [-0.05, 0) is 18.8 Å². The maximum absolute atomic E-state index is 12.0. The van der Waals surface area contributed by atoms with Gasteiger partial charge in [0.05, 0.1) is 5.71 Å². The van der Waals surface area contributed by atoms with Gasteiger partial charge in [-0.25, -0.2) is 0 Å². The molecule has 0 bridgehead atoms. The largest absolute Gasteiger partial charge is 0.455 e. The number of carbonyl (C=O) groups excluding carboxylic acids is 1. The lowest BCUT2D eigenvalue weighted by Gasteiger charge is -2.28. The van der Waals surface area contributed by atoms with Crippen LogP contribution in [0.2, 0.25) is 0 Å². The second-order valence-electron chi connectivity index (χ2n) is 5.92. The molecule has 2 N–H and O–H groups in total. The van der Waals surface area contributed by atoms with Gasteiger partial charge in [-0.15, -0.1) is 6.58 Å². The minimum Gasteiger partial charge on any atom is -0.455 e. The average Bonchev–Trinajstić information content (AvgIpc) is 2.70. The molecular formula is C15H20N2O3. The highest BCUT2D eigenvalue weighted by Crippen LogP contribution is 2.38. The molecule has 1 heterocycles. The summed E-state index contributed by atoms with van der Waals surface area (Å²) in [5.41, 5.74) is 2.04. The van der Waals surface area contributed by atoms with Crippen LogP contribution < -0.4 is 5.32 Å². The zero-order valence-electron chi connectivity index (χ0n) is 12.1. The lowest BCUT2D eigenvalue weighted by Crippen LogP contribution is -2.27. The number of fused-ring (bicyclic) bond motifs is 1. The molecule has 0 saturated heterocycles. The Balaban J connectivity index is 2.44. The second-order valence-corrected chi connectivity index (χ2v) is 5.92. The molecule has 2 rings (SSSR count). The van der Waals surface area contributed by atoms with Crippen LogP contribution in [0.25, 0.3) is 0 Å². The van der Waals surface area contributed by atoms with E-state index in [1.165, 1.54) is 0 Å². The predicted molar refractivity (Wildman–Crippen MR) is 76.4 cm³/mol. The van der Waals surface area contributed by atoms with Crippen LogP contribution in [0.4, 0.5) is 0 Å². The zero-order valence-corrected chi connectivity index (χ0v) is 12.1. The molecule has 5 heteroatoms. The smallest absolute Gasteiger partial charge is 0.287 e. The summed E-state index contributed by atoms with van der Waals surface area (Å²) >= 11 is 0. The molecule has 0 fully saturated rings. The van der Waals surface area contributed by atoms with E-state index in [1.807, 2.05) is 6.92 Å². The summed E-state index contributed by atoms with van der Waals surface area (Å²) in [5, 5.41) is 15.3. The molecule has 0 saturated carbocycles. The lowest BCUT2D eigenvalue weighted by atomic mass is 9.75. The van der Waals surface area contributed by atoms with E-state index in [4.69, 9.17) is 4.42 Å². The molecule has 1 aliphatic rings. The molecule has 0 unspecified atom stereocenters. The van der Waals surface area contributed by atoms with E-state index in [0.717, 1.165) is 23.3 Å². The van der Waals surface area contributed by atoms with E-state index in [-0.39, 0.29) is 17.1 Å². The van der Waals surface area contributed by atoms with Crippen LogP contribution in [0.5, 0.6) is 0 Å². The monoisotopic (exact) mass is 276 g/mol. The van der Waals surface area contributed by atoms with Gasteiger partial charge in [0.2, 0.25) is 0 Å². The Morgan fingerprint density at radius 1 is 1.55 bits per heavy atom. The first-order chi connectivity index (χ1) is 9.39. The normalized spacial score (nSPS) is 18.6. The number of furan rings is 1. The fourth-order valence-electron chi connectivity index (χ4n) is 2.66. The third-order valence-corrected chi connectivity index (χ3v) is 3.53. The van der Waals surface area contributed by atoms with Gasteiger partial charge in [0.15, 0.2) is 5.76 Å². The number of nitrogens with zero attached hydrogens (tertiary/aromatic N) is 1. The first-order valence-corrected chi connectivity index (χ1v) is 6.62. The van der Waals surface area contributed by atoms with Crippen LogP contribution in [-0.4, -0.2) is 23.4 Å². The Morgan fingerprint density at radius 3 is 2.85 bits per heavy atom. The number of hydrogen-bond donors (Lipinski definition) is 2. The Labute approximate surface area is 118 Å². The standard InChI is InChI=1S/C15H20N2O3/c1-5-6-16-14(18)13-9(2)12-10(17-19)7-15(3,4)8-11(12)20-13/h5,19H,1,6-8H2,2-4H3,(H,16,18)/b17-10-. The topological polar surface area (TPSA) is 74.8 Å². The minimum absolute atomic E-state index is 0.0479. The Hall–Kier alpha value is -2.04. The molecule has 1 amide bonds. The van der Waals surface area contributed by atoms with Crippen molar-refractivity contribution in [2.75, 3.05) is 6.54 Å². The molecule has 5 nitrogen and oxygen atoms in total. The van der Waals surface area contributed by atoms with Gasteiger partial charge in [0.1, 0.15) is 5.76 Å². The number of amides is 1. The summed E-state index contributed by atoms with van der Waals surface area (Å²) in [7, 11) is 0. The predicted octanol–water partition coefficient (Wildman–Crippen LogP) is 2.65. The quantitative estimate of drug-likeness (QED) is 0.506. The summed E-state index contributed by atoms with van der Waals surface area (Å²) in [6, 6.07) is 0. The van der Waals surface area contributed by atoms with E-state index in [1.54, 1.807) is 6.08 Å². The SMILES string of the molecule is C=CCNC(=O)c1oc2c(c1C)/C(=N\O)CC(C)(C)C2. The molecule has 1 aromatic rings. The molecule has 108 valence electrons. The minimum atomic E-state index is -0.271. The molecule has 20 heavy (non-hydrogen) atoms. The number of carbonyl (C=O) groups is 1. The third-order valence-electron chi connectivity index (χ3n) is 3.53. The molecular weight excluding hydrogens is 256 g/mol. The number of nitrogens with one attached hydrogen (secondary N) is 1. The number of hydrogen-bond acceptors (Lipinski definition) is 4. The molecule has 0 aromatic carbocycles. The molecule has 0 atom stereocenters. The van der Waals surface area contributed by atoms with E-state index in [2.05, 4.69) is 30.9 Å². The summed E-state index contributed by atoms with van der Waals surface area (Å²) in [6.07, 6.45) is 2.99. The fourth-order valence-corrected chi connectivity index (χ4v) is 2.66. The summed E-state index contributed by atoms with van der Waals surface area (Å²) < 4.78 is 5.73. The van der Waals surface area contributed by atoms with Gasteiger partial charge in [-0.3, -0.25) is 4.79 Å². The molecule has 0 radical (unpaired) electrons. The first-order valence-electron chi connectivity index (χ1n) is 6.62. The maximum atomic E-state index is 12.0. The van der Waals surface area contributed by atoms with Crippen molar-refractivity contribution in [1.29, 1.82) is 0 Å². The van der Waals surface area contributed by atoms with Crippen LogP contribution in [0.3, 0.4) is 0 Å². The van der Waals surface area contributed by atoms with Gasteiger partial charge in [0.25, 0.3) is 5.91 Å². The highest BCUT2D eigenvalue weighted by Gasteiger charge is 2.36. The van der Waals surface area contributed by atoms with Gasteiger partial charge in [-0.1, -0.05) is 25.1 Å². The molecule has 0 aliphatic heterocycles. The lowest BCUT2D eigenvalue weighted by molar-refractivity contribution is 0.0926. The Kier molecular flexibility index (Phi) is 3.70. The van der Waals surface area contributed by atoms with Gasteiger partial charge in [0, 0.05) is 24.1 Å². The van der Waals surface area contributed by atoms with Crippen molar-refractivity contribution in [2.45, 2.75) is 33.6 Å². The van der Waals surface area contributed by atoms with Crippen LogP contribution in [0.15, 0.2) is 22.2 Å². The first kappa shape index (κ1) is 14.4. The molecule has 1 aliphatic carbocycles. The van der Waals surface area contributed by atoms with E-state index < -0.39 is 0 Å². The van der Waals surface area contributed by atoms with E-state index in [0.29, 0.717) is 18.7 Å². The van der Waals surface area contributed by atoms with Gasteiger partial charge in [-0.2, -0.15) is 0 Å². The second kappa shape index (κ2) is 5.15. The summed E-state index contributed by atoms with van der Waals surface area (Å²) in [6.45, 7) is 9.92. The van der Waals surface area contributed by atoms with Crippen LogP contribution in [0.1, 0.15) is 47.7 Å². The van der Waals surface area contributed by atoms with Gasteiger partial charge >= 0.3 is 0 Å². The highest BCUT2D eigenvalue weighted by molar-refractivity contribution is 6.06. The van der Waals surface area contributed by atoms with Crippen molar-refractivity contribution in [3.8, 4) is 0 Å².